The van der Waals surface area contributed by atoms with Crippen molar-refractivity contribution in [2.75, 3.05) is 5.32 Å². The Kier molecular flexibility index (Phi) is 5.96. The van der Waals surface area contributed by atoms with Crippen molar-refractivity contribution >= 4 is 33.2 Å². The van der Waals surface area contributed by atoms with Crippen LogP contribution in [0.1, 0.15) is 42.5 Å². The highest BCUT2D eigenvalue weighted by atomic mass is 35.5. The van der Waals surface area contributed by atoms with Gasteiger partial charge in [-0.05, 0) is 55.3 Å². The summed E-state index contributed by atoms with van der Waals surface area (Å²) in [5.41, 5.74) is 0.874. The fraction of sp³-hybridized carbons (Fsp3) is 0.316. The average Bonchev–Trinajstić information content (AvgIpc) is 2.64. The summed E-state index contributed by atoms with van der Waals surface area (Å²) in [7, 11) is -3.64. The molecule has 2 N–H and O–H groups in total. The summed E-state index contributed by atoms with van der Waals surface area (Å²) in [6.07, 6.45) is 4.94. The van der Waals surface area contributed by atoms with E-state index in [0.717, 1.165) is 32.1 Å². The minimum absolute atomic E-state index is 0.0275. The van der Waals surface area contributed by atoms with E-state index >= 15 is 0 Å². The molecule has 0 saturated heterocycles. The van der Waals surface area contributed by atoms with Gasteiger partial charge in [-0.2, -0.15) is 0 Å². The molecule has 0 unspecified atom stereocenters. The van der Waals surface area contributed by atoms with Gasteiger partial charge in [-0.1, -0.05) is 36.9 Å². The van der Waals surface area contributed by atoms with Crippen LogP contribution in [-0.2, 0) is 10.0 Å². The summed E-state index contributed by atoms with van der Waals surface area (Å²) < 4.78 is 28.0. The number of amides is 1. The van der Waals surface area contributed by atoms with E-state index in [1.54, 1.807) is 36.4 Å². The number of carbonyl (C=O) groups excluding carboxylic acids is 1. The zero-order valence-corrected chi connectivity index (χ0v) is 15.8. The van der Waals surface area contributed by atoms with Crippen molar-refractivity contribution < 1.29 is 13.2 Å². The lowest BCUT2D eigenvalue weighted by atomic mass is 9.96. The first-order valence-corrected chi connectivity index (χ1v) is 10.5. The molecule has 1 fully saturated rings. The molecule has 138 valence electrons. The van der Waals surface area contributed by atoms with Crippen molar-refractivity contribution in [3.63, 3.8) is 0 Å². The summed E-state index contributed by atoms with van der Waals surface area (Å²) >= 11 is 5.83. The van der Waals surface area contributed by atoms with Crippen molar-refractivity contribution in [1.29, 1.82) is 0 Å². The summed E-state index contributed by atoms with van der Waals surface area (Å²) in [6.45, 7) is 0. The number of hydrogen-bond acceptors (Lipinski definition) is 3. The van der Waals surface area contributed by atoms with E-state index < -0.39 is 10.0 Å². The first kappa shape index (κ1) is 18.9. The van der Waals surface area contributed by atoms with Gasteiger partial charge >= 0.3 is 0 Å². The fourth-order valence-electron chi connectivity index (χ4n) is 3.05. The molecule has 1 aliphatic rings. The Balaban J connectivity index is 1.74. The molecular formula is C19H21ClN2O3S. The number of halogens is 1. The molecule has 3 rings (SSSR count). The molecule has 0 spiro atoms. The molecule has 2 aromatic rings. The number of rotatable bonds is 5. The second-order valence-corrected chi connectivity index (χ2v) is 8.60. The highest BCUT2D eigenvalue weighted by Gasteiger charge is 2.22. The van der Waals surface area contributed by atoms with Crippen LogP contribution in [0.25, 0.3) is 0 Å². The number of sulfonamides is 1. The second-order valence-electron chi connectivity index (χ2n) is 6.45. The summed E-state index contributed by atoms with van der Waals surface area (Å²) in [5.74, 6) is -0.373. The van der Waals surface area contributed by atoms with Crippen LogP contribution in [0.5, 0.6) is 0 Å². The van der Waals surface area contributed by atoms with Gasteiger partial charge in [-0.3, -0.25) is 4.79 Å². The third-order valence-electron chi connectivity index (χ3n) is 4.44. The lowest BCUT2D eigenvalue weighted by molar-refractivity contribution is 0.102. The molecule has 7 heteroatoms. The van der Waals surface area contributed by atoms with E-state index in [9.17, 15) is 13.2 Å². The number of carbonyl (C=O) groups is 1. The highest BCUT2D eigenvalue weighted by Crippen LogP contribution is 2.21. The molecule has 0 aliphatic heterocycles. The highest BCUT2D eigenvalue weighted by molar-refractivity contribution is 7.89. The minimum atomic E-state index is -3.64. The van der Waals surface area contributed by atoms with Crippen LogP contribution in [0.4, 0.5) is 5.69 Å². The van der Waals surface area contributed by atoms with Gasteiger partial charge in [0.1, 0.15) is 0 Å². The standard InChI is InChI=1S/C19H21ClN2O3S/c20-15-9-11-16(12-10-15)21-19(23)14-5-4-8-18(13-14)26(24,25)22-17-6-2-1-3-7-17/h4-5,8-13,17,22H,1-3,6-7H2,(H,21,23). The van der Waals surface area contributed by atoms with Crippen LogP contribution in [0.3, 0.4) is 0 Å². The monoisotopic (exact) mass is 392 g/mol. The zero-order chi connectivity index (χ0) is 18.6. The number of benzene rings is 2. The van der Waals surface area contributed by atoms with E-state index in [4.69, 9.17) is 11.6 Å². The molecule has 1 saturated carbocycles. The van der Waals surface area contributed by atoms with Crippen molar-refractivity contribution in [3.8, 4) is 0 Å². The topological polar surface area (TPSA) is 75.3 Å². The van der Waals surface area contributed by atoms with Crippen molar-refractivity contribution in [3.05, 3.63) is 59.1 Å². The van der Waals surface area contributed by atoms with Gasteiger partial charge in [-0.15, -0.1) is 0 Å². The Hall–Kier alpha value is -1.89. The Morgan fingerprint density at radius 3 is 2.38 bits per heavy atom. The maximum atomic E-state index is 12.6. The Labute approximate surface area is 158 Å². The van der Waals surface area contributed by atoms with E-state index in [0.29, 0.717) is 10.7 Å². The largest absolute Gasteiger partial charge is 0.322 e. The van der Waals surface area contributed by atoms with Crippen LogP contribution >= 0.6 is 11.6 Å². The van der Waals surface area contributed by atoms with Gasteiger partial charge in [-0.25, -0.2) is 13.1 Å². The predicted molar refractivity (Wildman–Crippen MR) is 103 cm³/mol. The molecule has 5 nitrogen and oxygen atoms in total. The Morgan fingerprint density at radius 1 is 1.00 bits per heavy atom. The van der Waals surface area contributed by atoms with Crippen LogP contribution < -0.4 is 10.0 Å². The van der Waals surface area contributed by atoms with Crippen LogP contribution in [-0.4, -0.2) is 20.4 Å². The molecule has 0 aromatic heterocycles. The van der Waals surface area contributed by atoms with Gasteiger partial charge in [0.05, 0.1) is 4.90 Å². The SMILES string of the molecule is O=C(Nc1ccc(Cl)cc1)c1cccc(S(=O)(=O)NC2CCCCC2)c1. The minimum Gasteiger partial charge on any atom is -0.322 e. The van der Waals surface area contributed by atoms with Gasteiger partial charge < -0.3 is 5.32 Å². The molecule has 2 aromatic carbocycles. The molecule has 0 atom stereocenters. The van der Waals surface area contributed by atoms with Gasteiger partial charge in [0.25, 0.3) is 5.91 Å². The Bertz CT molecular complexity index is 876. The van der Waals surface area contributed by atoms with Crippen LogP contribution in [0, 0.1) is 0 Å². The molecule has 0 heterocycles. The first-order chi connectivity index (χ1) is 12.4. The molecule has 0 radical (unpaired) electrons. The smallest absolute Gasteiger partial charge is 0.255 e. The third kappa shape index (κ3) is 4.84. The normalized spacial score (nSPS) is 15.6. The molecule has 1 amide bonds. The lowest BCUT2D eigenvalue weighted by Gasteiger charge is -2.22. The predicted octanol–water partition coefficient (Wildman–Crippen LogP) is 4.20. The maximum absolute atomic E-state index is 12.6. The lowest BCUT2D eigenvalue weighted by Crippen LogP contribution is -2.36. The van der Waals surface area contributed by atoms with Gasteiger partial charge in [0.2, 0.25) is 10.0 Å². The second kappa shape index (κ2) is 8.20. The maximum Gasteiger partial charge on any atom is 0.255 e. The average molecular weight is 393 g/mol. The molecule has 1 aliphatic carbocycles. The third-order valence-corrected chi connectivity index (χ3v) is 6.21. The summed E-state index contributed by atoms with van der Waals surface area (Å²) in [5, 5.41) is 3.31. The quantitative estimate of drug-likeness (QED) is 0.800. The van der Waals surface area contributed by atoms with Gasteiger partial charge in [0.15, 0.2) is 0 Å². The van der Waals surface area contributed by atoms with Crippen molar-refractivity contribution in [2.24, 2.45) is 0 Å². The number of anilines is 1. The summed E-state index contributed by atoms with van der Waals surface area (Å²) in [4.78, 5) is 12.5. The fourth-order valence-corrected chi connectivity index (χ4v) is 4.53. The Morgan fingerprint density at radius 2 is 1.69 bits per heavy atom. The number of hydrogen-bond donors (Lipinski definition) is 2. The van der Waals surface area contributed by atoms with E-state index in [1.165, 1.54) is 12.1 Å². The zero-order valence-electron chi connectivity index (χ0n) is 14.2. The van der Waals surface area contributed by atoms with E-state index in [-0.39, 0.29) is 22.4 Å². The van der Waals surface area contributed by atoms with Gasteiger partial charge in [0, 0.05) is 22.3 Å². The molecular weight excluding hydrogens is 372 g/mol. The van der Waals surface area contributed by atoms with Crippen LogP contribution in [0.2, 0.25) is 5.02 Å². The van der Waals surface area contributed by atoms with E-state index in [2.05, 4.69) is 10.0 Å². The van der Waals surface area contributed by atoms with Crippen molar-refractivity contribution in [2.45, 2.75) is 43.0 Å². The summed E-state index contributed by atoms with van der Waals surface area (Å²) in [6, 6.07) is 12.8. The van der Waals surface area contributed by atoms with Crippen LogP contribution in [0.15, 0.2) is 53.4 Å². The van der Waals surface area contributed by atoms with E-state index in [1.807, 2.05) is 0 Å². The van der Waals surface area contributed by atoms with Crippen molar-refractivity contribution in [1.82, 2.24) is 4.72 Å². The molecule has 0 bridgehead atoms. The molecule has 26 heavy (non-hydrogen) atoms. The first-order valence-electron chi connectivity index (χ1n) is 8.63. The number of nitrogens with one attached hydrogen (secondary N) is 2.